The molecule has 3 N–H and O–H groups in total. The van der Waals surface area contributed by atoms with Gasteiger partial charge in [-0.3, -0.25) is 9.59 Å². The zero-order valence-corrected chi connectivity index (χ0v) is 37.6. The minimum Gasteiger partial charge on any atom is -0.462 e. The molecule has 0 aliphatic rings. The fourth-order valence-electron chi connectivity index (χ4n) is 6.22. The van der Waals surface area contributed by atoms with Gasteiger partial charge in [-0.05, 0) is 77.0 Å². The van der Waals surface area contributed by atoms with Crippen molar-refractivity contribution in [3.63, 3.8) is 0 Å². The van der Waals surface area contributed by atoms with Crippen molar-refractivity contribution in [3.05, 3.63) is 122 Å². The van der Waals surface area contributed by atoms with Gasteiger partial charge in [-0.2, -0.15) is 0 Å². The van der Waals surface area contributed by atoms with Gasteiger partial charge in [-0.15, -0.1) is 0 Å². The van der Waals surface area contributed by atoms with Gasteiger partial charge >= 0.3 is 5.97 Å². The van der Waals surface area contributed by atoms with Crippen LogP contribution in [0.1, 0.15) is 175 Å². The van der Waals surface area contributed by atoms with Gasteiger partial charge in [0.05, 0.1) is 25.2 Å². The van der Waals surface area contributed by atoms with Gasteiger partial charge in [0.1, 0.15) is 6.10 Å². The lowest BCUT2D eigenvalue weighted by molar-refractivity contribution is -0.151. The van der Waals surface area contributed by atoms with Crippen LogP contribution in [0.25, 0.3) is 0 Å². The zero-order chi connectivity index (χ0) is 43.1. The lowest BCUT2D eigenvalue weighted by atomic mass is 10.0. The quantitative estimate of drug-likeness (QED) is 0.0249. The van der Waals surface area contributed by atoms with Gasteiger partial charge in [-0.25, -0.2) is 0 Å². The third-order valence-electron chi connectivity index (χ3n) is 9.70. The summed E-state index contributed by atoms with van der Waals surface area (Å²) < 4.78 is 5.86. The molecule has 0 saturated heterocycles. The number of ether oxygens (including phenoxy) is 1. The van der Waals surface area contributed by atoms with Crippen LogP contribution < -0.4 is 5.32 Å². The van der Waals surface area contributed by atoms with E-state index in [9.17, 15) is 19.8 Å². The first-order valence-electron chi connectivity index (χ1n) is 23.3. The van der Waals surface area contributed by atoms with Crippen molar-refractivity contribution < 1.29 is 24.5 Å². The highest BCUT2D eigenvalue weighted by Crippen LogP contribution is 2.15. The SMILES string of the molecule is CC\C=C/C=C/C=C/C=C\C=C\C=C\CCCC(CC(=O)NC(CO)C(O)CCCCCCCCCCC)OC(=O)CCCCC/C=C/C/C=C/C/C=C/C/C=C/CC. The molecule has 0 aromatic heterocycles. The van der Waals surface area contributed by atoms with Gasteiger partial charge in [0.2, 0.25) is 5.91 Å². The van der Waals surface area contributed by atoms with Crippen LogP contribution >= 0.6 is 0 Å². The van der Waals surface area contributed by atoms with E-state index in [1.165, 1.54) is 38.5 Å². The number of carbonyl (C=O) groups is 2. The molecule has 6 nitrogen and oxygen atoms in total. The van der Waals surface area contributed by atoms with Crippen molar-refractivity contribution in [1.82, 2.24) is 5.32 Å². The van der Waals surface area contributed by atoms with E-state index < -0.39 is 18.2 Å². The minimum atomic E-state index is -0.819. The molecule has 0 bridgehead atoms. The van der Waals surface area contributed by atoms with Crippen molar-refractivity contribution in [2.24, 2.45) is 0 Å². The van der Waals surface area contributed by atoms with Crippen molar-refractivity contribution in [2.45, 2.75) is 193 Å². The smallest absolute Gasteiger partial charge is 0.306 e. The van der Waals surface area contributed by atoms with Crippen LogP contribution in [0.4, 0.5) is 0 Å². The van der Waals surface area contributed by atoms with Gasteiger partial charge < -0.3 is 20.3 Å². The number of aliphatic hydroxyl groups excluding tert-OH is 2. The summed E-state index contributed by atoms with van der Waals surface area (Å²) in [5, 5.41) is 23.6. The second-order valence-corrected chi connectivity index (χ2v) is 15.2. The van der Waals surface area contributed by atoms with Gasteiger partial charge in [0, 0.05) is 6.42 Å². The van der Waals surface area contributed by atoms with Gasteiger partial charge in [-0.1, -0.05) is 206 Å². The largest absolute Gasteiger partial charge is 0.462 e. The Bertz CT molecular complexity index is 1280. The van der Waals surface area contributed by atoms with Crippen molar-refractivity contribution in [3.8, 4) is 0 Å². The van der Waals surface area contributed by atoms with E-state index in [2.05, 4.69) is 86.8 Å². The summed E-state index contributed by atoms with van der Waals surface area (Å²) in [6, 6.07) is -0.739. The fraction of sp³-hybridized carbons (Fsp3) is 0.585. The van der Waals surface area contributed by atoms with E-state index in [1.807, 2.05) is 60.8 Å². The molecule has 332 valence electrons. The lowest BCUT2D eigenvalue weighted by Gasteiger charge is -2.24. The molecule has 0 fully saturated rings. The third kappa shape index (κ3) is 40.8. The molecule has 3 unspecified atom stereocenters. The number of hydrogen-bond acceptors (Lipinski definition) is 5. The van der Waals surface area contributed by atoms with E-state index in [1.54, 1.807) is 0 Å². The monoisotopic (exact) mass is 816 g/mol. The summed E-state index contributed by atoms with van der Waals surface area (Å²) in [6.07, 6.45) is 62.6. The summed E-state index contributed by atoms with van der Waals surface area (Å²) in [7, 11) is 0. The van der Waals surface area contributed by atoms with E-state index in [0.29, 0.717) is 19.3 Å². The average Bonchev–Trinajstić information content (AvgIpc) is 3.23. The topological polar surface area (TPSA) is 95.9 Å². The third-order valence-corrected chi connectivity index (χ3v) is 9.70. The van der Waals surface area contributed by atoms with Crippen LogP contribution in [0.15, 0.2) is 122 Å². The Hall–Kier alpha value is -3.74. The zero-order valence-electron chi connectivity index (χ0n) is 37.6. The molecular formula is C53H85NO5. The highest BCUT2D eigenvalue weighted by atomic mass is 16.5. The molecule has 3 atom stereocenters. The average molecular weight is 816 g/mol. The molecule has 59 heavy (non-hydrogen) atoms. The van der Waals surface area contributed by atoms with E-state index in [4.69, 9.17) is 4.74 Å². The maximum absolute atomic E-state index is 13.1. The number of carbonyl (C=O) groups excluding carboxylic acids is 2. The Morgan fingerprint density at radius 1 is 0.525 bits per heavy atom. The first-order valence-corrected chi connectivity index (χ1v) is 23.3. The number of unbranched alkanes of at least 4 members (excludes halogenated alkanes) is 12. The number of amides is 1. The number of hydrogen-bond donors (Lipinski definition) is 3. The minimum absolute atomic E-state index is 0.00479. The Labute approximate surface area is 361 Å². The summed E-state index contributed by atoms with van der Waals surface area (Å²) >= 11 is 0. The normalized spacial score (nSPS) is 14.5. The number of aliphatic hydroxyl groups is 2. The van der Waals surface area contributed by atoms with Crippen LogP contribution in [-0.2, 0) is 14.3 Å². The fourth-order valence-corrected chi connectivity index (χ4v) is 6.22. The first kappa shape index (κ1) is 55.3. The summed E-state index contributed by atoms with van der Waals surface area (Å²) in [5.41, 5.74) is 0. The molecule has 1 amide bonds. The number of nitrogens with one attached hydrogen (secondary N) is 1. The van der Waals surface area contributed by atoms with Crippen LogP contribution in [0.3, 0.4) is 0 Å². The van der Waals surface area contributed by atoms with E-state index >= 15 is 0 Å². The molecule has 0 spiro atoms. The molecule has 6 heteroatoms. The molecule has 0 heterocycles. The molecule has 0 aliphatic heterocycles. The lowest BCUT2D eigenvalue weighted by Crippen LogP contribution is -2.46. The van der Waals surface area contributed by atoms with Gasteiger partial charge in [0.15, 0.2) is 0 Å². The highest BCUT2D eigenvalue weighted by Gasteiger charge is 2.23. The Morgan fingerprint density at radius 3 is 1.59 bits per heavy atom. The van der Waals surface area contributed by atoms with Crippen molar-refractivity contribution >= 4 is 11.9 Å². The van der Waals surface area contributed by atoms with Crippen LogP contribution in [0.5, 0.6) is 0 Å². The summed E-state index contributed by atoms with van der Waals surface area (Å²) in [6.45, 7) is 6.14. The second-order valence-electron chi connectivity index (χ2n) is 15.2. The highest BCUT2D eigenvalue weighted by molar-refractivity contribution is 5.77. The molecule has 0 saturated carbocycles. The molecule has 0 rings (SSSR count). The molecule has 0 radical (unpaired) electrons. The van der Waals surface area contributed by atoms with E-state index in [0.717, 1.165) is 89.9 Å². The Balaban J connectivity index is 4.85. The second kappa shape index (κ2) is 45.3. The number of rotatable bonds is 39. The summed E-state index contributed by atoms with van der Waals surface area (Å²) in [4.78, 5) is 26.0. The maximum atomic E-state index is 13.1. The molecule has 0 aromatic carbocycles. The standard InChI is InChI=1S/C53H85NO5/c1-4-7-10-13-16-19-21-23-25-27-29-31-34-37-40-43-46-53(58)59-49(44-41-38-35-33-30-28-26-24-22-20-17-14-11-8-5-2)47-52(57)54-50(48-55)51(56)45-42-39-36-32-18-15-12-9-6-3/h7-8,10-11,14,16-17,19-20,22-26,28-31,33,35,49-51,55-56H,4-6,9,12-13,15,18,21,27,32,34,36-48H2,1-3H3,(H,54,57)/b10-7+,11-8-,17-14+,19-16+,22-20+,25-23+,26-24-,30-28+,31-29+,35-33+. The van der Waals surface area contributed by atoms with Gasteiger partial charge in [0.25, 0.3) is 0 Å². The Morgan fingerprint density at radius 2 is 1.02 bits per heavy atom. The van der Waals surface area contributed by atoms with Crippen molar-refractivity contribution in [2.75, 3.05) is 6.61 Å². The Kier molecular flexibility index (Phi) is 42.5. The van der Waals surface area contributed by atoms with Crippen LogP contribution in [0, 0.1) is 0 Å². The molecular weight excluding hydrogens is 731 g/mol. The number of esters is 1. The molecule has 0 aliphatic carbocycles. The predicted molar refractivity (Wildman–Crippen MR) is 254 cm³/mol. The summed E-state index contributed by atoms with van der Waals surface area (Å²) in [5.74, 6) is -0.603. The van der Waals surface area contributed by atoms with Crippen LogP contribution in [-0.4, -0.2) is 46.9 Å². The molecule has 0 aromatic rings. The van der Waals surface area contributed by atoms with Crippen molar-refractivity contribution in [1.29, 1.82) is 0 Å². The first-order chi connectivity index (χ1) is 29.0. The van der Waals surface area contributed by atoms with E-state index in [-0.39, 0.29) is 24.9 Å². The predicted octanol–water partition coefficient (Wildman–Crippen LogP) is 13.7. The van der Waals surface area contributed by atoms with Crippen LogP contribution in [0.2, 0.25) is 0 Å². The maximum Gasteiger partial charge on any atom is 0.306 e. The number of allylic oxidation sites excluding steroid dienone is 20.